The first-order chi connectivity index (χ1) is 9.63. The molecule has 1 saturated heterocycles. The summed E-state index contributed by atoms with van der Waals surface area (Å²) in [7, 11) is 0. The minimum Gasteiger partial charge on any atom is -0.353 e. The van der Waals surface area contributed by atoms with E-state index in [1.54, 1.807) is 6.07 Å². The number of rotatable bonds is 3. The Labute approximate surface area is 115 Å². The minimum atomic E-state index is -0.288. The fourth-order valence-corrected chi connectivity index (χ4v) is 2.25. The van der Waals surface area contributed by atoms with Crippen LogP contribution in [0.1, 0.15) is 24.5 Å². The first-order valence-electron chi connectivity index (χ1n) is 6.76. The number of nitrogens with zero attached hydrogens (tertiary/aromatic N) is 3. The molecule has 1 aliphatic carbocycles. The van der Waals surface area contributed by atoms with Crippen molar-refractivity contribution < 1.29 is 9.59 Å². The maximum Gasteiger partial charge on any atom is 0.267 e. The second kappa shape index (κ2) is 5.07. The zero-order chi connectivity index (χ0) is 14.1. The number of carbonyl (C=O) groups excluding carboxylic acids is 2. The van der Waals surface area contributed by atoms with E-state index in [0.29, 0.717) is 19.0 Å². The molecule has 0 spiro atoms. The third-order valence-corrected chi connectivity index (χ3v) is 3.56. The first kappa shape index (κ1) is 12.8. The molecular formula is C13H16N4O3. The lowest BCUT2D eigenvalue weighted by atomic mass is 10.3. The van der Waals surface area contributed by atoms with E-state index < -0.39 is 0 Å². The minimum absolute atomic E-state index is 0.0515. The summed E-state index contributed by atoms with van der Waals surface area (Å²) in [6.07, 6.45) is 2.18. The number of nitrogens with one attached hydrogen (secondary N) is 1. The lowest BCUT2D eigenvalue weighted by Gasteiger charge is -2.26. The van der Waals surface area contributed by atoms with Gasteiger partial charge < -0.3 is 10.2 Å². The van der Waals surface area contributed by atoms with Crippen molar-refractivity contribution in [2.75, 3.05) is 19.6 Å². The van der Waals surface area contributed by atoms with Crippen LogP contribution >= 0.6 is 0 Å². The number of aromatic nitrogens is 2. The second-order valence-corrected chi connectivity index (χ2v) is 5.19. The molecule has 1 aromatic rings. The van der Waals surface area contributed by atoms with E-state index in [1.807, 2.05) is 0 Å². The van der Waals surface area contributed by atoms with Crippen LogP contribution in [0, 0.1) is 0 Å². The van der Waals surface area contributed by atoms with E-state index >= 15 is 0 Å². The number of piperazine rings is 1. The van der Waals surface area contributed by atoms with Crippen LogP contribution in [0.5, 0.6) is 0 Å². The average molecular weight is 276 g/mol. The van der Waals surface area contributed by atoms with E-state index in [-0.39, 0.29) is 30.5 Å². The molecule has 0 atom stereocenters. The van der Waals surface area contributed by atoms with E-state index in [1.165, 1.54) is 15.6 Å². The summed E-state index contributed by atoms with van der Waals surface area (Å²) in [4.78, 5) is 36.6. The highest BCUT2D eigenvalue weighted by Crippen LogP contribution is 2.38. The van der Waals surface area contributed by atoms with Crippen LogP contribution in [0.25, 0.3) is 0 Å². The smallest absolute Gasteiger partial charge is 0.267 e. The third-order valence-electron chi connectivity index (χ3n) is 3.56. The zero-order valence-corrected chi connectivity index (χ0v) is 11.0. The largest absolute Gasteiger partial charge is 0.353 e. The predicted molar refractivity (Wildman–Crippen MR) is 70.1 cm³/mol. The molecule has 1 N–H and O–H groups in total. The molecule has 106 valence electrons. The Morgan fingerprint density at radius 2 is 2.15 bits per heavy atom. The van der Waals surface area contributed by atoms with Crippen LogP contribution in [-0.4, -0.2) is 46.1 Å². The van der Waals surface area contributed by atoms with Crippen LogP contribution in [-0.2, 0) is 16.1 Å². The molecule has 0 radical (unpaired) electrons. The monoisotopic (exact) mass is 276 g/mol. The quantitative estimate of drug-likeness (QED) is 0.773. The van der Waals surface area contributed by atoms with E-state index in [9.17, 15) is 14.4 Å². The Morgan fingerprint density at radius 1 is 1.35 bits per heavy atom. The molecule has 1 aromatic heterocycles. The van der Waals surface area contributed by atoms with Crippen LogP contribution < -0.4 is 10.9 Å². The van der Waals surface area contributed by atoms with E-state index in [4.69, 9.17) is 0 Å². The van der Waals surface area contributed by atoms with Crippen molar-refractivity contribution >= 4 is 11.8 Å². The van der Waals surface area contributed by atoms with Gasteiger partial charge in [-0.1, -0.05) is 0 Å². The molecule has 0 aromatic carbocycles. The van der Waals surface area contributed by atoms with Gasteiger partial charge in [0.05, 0.1) is 12.2 Å². The van der Waals surface area contributed by atoms with Crippen LogP contribution in [0.4, 0.5) is 0 Å². The van der Waals surface area contributed by atoms with Gasteiger partial charge in [0.25, 0.3) is 5.56 Å². The molecule has 0 bridgehead atoms. The number of amides is 2. The fraction of sp³-hybridized carbons (Fsp3) is 0.538. The van der Waals surface area contributed by atoms with Gasteiger partial charge in [-0.15, -0.1) is 0 Å². The van der Waals surface area contributed by atoms with Crippen molar-refractivity contribution in [2.45, 2.75) is 25.3 Å². The number of hydrogen-bond donors (Lipinski definition) is 1. The highest BCUT2D eigenvalue weighted by atomic mass is 16.2. The van der Waals surface area contributed by atoms with Crippen molar-refractivity contribution in [1.82, 2.24) is 20.0 Å². The van der Waals surface area contributed by atoms with Crippen molar-refractivity contribution in [2.24, 2.45) is 0 Å². The lowest BCUT2D eigenvalue weighted by molar-refractivity contribution is -0.138. The van der Waals surface area contributed by atoms with Gasteiger partial charge in [-0.2, -0.15) is 5.10 Å². The Morgan fingerprint density at radius 3 is 2.85 bits per heavy atom. The Bertz CT molecular complexity index is 606. The van der Waals surface area contributed by atoms with Crippen LogP contribution in [0.2, 0.25) is 0 Å². The summed E-state index contributed by atoms with van der Waals surface area (Å²) >= 11 is 0. The van der Waals surface area contributed by atoms with Gasteiger partial charge in [0.1, 0.15) is 6.54 Å². The summed E-state index contributed by atoms with van der Waals surface area (Å²) in [6.45, 7) is 0.874. The van der Waals surface area contributed by atoms with Crippen molar-refractivity contribution in [3.63, 3.8) is 0 Å². The molecule has 7 nitrogen and oxygen atoms in total. The van der Waals surface area contributed by atoms with Crippen LogP contribution in [0.3, 0.4) is 0 Å². The van der Waals surface area contributed by atoms with Gasteiger partial charge in [0, 0.05) is 25.1 Å². The maximum absolute atomic E-state index is 12.1. The Hall–Kier alpha value is -2.18. The molecule has 2 fully saturated rings. The van der Waals surface area contributed by atoms with Crippen LogP contribution in [0.15, 0.2) is 16.9 Å². The average Bonchev–Trinajstić information content (AvgIpc) is 3.25. The summed E-state index contributed by atoms with van der Waals surface area (Å²) in [5.74, 6) is 0.0109. The first-order valence-corrected chi connectivity index (χ1v) is 6.76. The summed E-state index contributed by atoms with van der Waals surface area (Å²) in [5, 5.41) is 6.90. The fourth-order valence-electron chi connectivity index (χ4n) is 2.25. The standard InChI is InChI=1S/C13H16N4O3/c18-11-7-16(6-5-14-11)13(20)8-17-12(19)4-3-10(15-17)9-1-2-9/h3-4,9H,1-2,5-8H2,(H,14,18). The summed E-state index contributed by atoms with van der Waals surface area (Å²) < 4.78 is 1.20. The van der Waals surface area contributed by atoms with Gasteiger partial charge in [0.15, 0.2) is 0 Å². The van der Waals surface area contributed by atoms with Crippen molar-refractivity contribution in [3.8, 4) is 0 Å². The highest BCUT2D eigenvalue weighted by Gasteiger charge is 2.26. The van der Waals surface area contributed by atoms with Crippen molar-refractivity contribution in [1.29, 1.82) is 0 Å². The molecule has 2 amide bonds. The molecule has 20 heavy (non-hydrogen) atoms. The second-order valence-electron chi connectivity index (χ2n) is 5.19. The van der Waals surface area contributed by atoms with Gasteiger partial charge in [-0.3, -0.25) is 14.4 Å². The topological polar surface area (TPSA) is 84.3 Å². The van der Waals surface area contributed by atoms with Crippen molar-refractivity contribution in [3.05, 3.63) is 28.2 Å². The van der Waals surface area contributed by atoms with Gasteiger partial charge in [-0.25, -0.2) is 4.68 Å². The van der Waals surface area contributed by atoms with Gasteiger partial charge in [-0.05, 0) is 18.9 Å². The lowest BCUT2D eigenvalue weighted by Crippen LogP contribution is -2.51. The van der Waals surface area contributed by atoms with E-state index in [0.717, 1.165) is 18.5 Å². The zero-order valence-electron chi connectivity index (χ0n) is 11.0. The molecule has 1 aliphatic heterocycles. The molecule has 1 saturated carbocycles. The van der Waals surface area contributed by atoms with Gasteiger partial charge >= 0.3 is 0 Å². The number of carbonyl (C=O) groups is 2. The Kier molecular flexibility index (Phi) is 3.25. The third kappa shape index (κ3) is 2.71. The summed E-state index contributed by atoms with van der Waals surface area (Å²) in [6, 6.07) is 3.19. The maximum atomic E-state index is 12.1. The molecule has 7 heteroatoms. The normalized spacial score (nSPS) is 18.8. The summed E-state index contributed by atoms with van der Waals surface area (Å²) in [5.41, 5.74) is 0.581. The predicted octanol–water partition coefficient (Wildman–Crippen LogP) is -0.921. The number of hydrogen-bond acceptors (Lipinski definition) is 4. The highest BCUT2D eigenvalue weighted by molar-refractivity contribution is 5.85. The molecule has 0 unspecified atom stereocenters. The Balaban J connectivity index is 1.73. The molecule has 2 heterocycles. The molecule has 2 aliphatic rings. The SMILES string of the molecule is O=C1CN(C(=O)Cn2nc(C3CC3)ccc2=O)CCN1. The molecular weight excluding hydrogens is 260 g/mol. The molecule has 3 rings (SSSR count). The van der Waals surface area contributed by atoms with E-state index in [2.05, 4.69) is 10.4 Å². The van der Waals surface area contributed by atoms with Gasteiger partial charge in [0.2, 0.25) is 11.8 Å².